The highest BCUT2D eigenvalue weighted by molar-refractivity contribution is 4.98. The second-order valence-electron chi connectivity index (χ2n) is 3.07. The number of ether oxygens (including phenoxy) is 1. The van der Waals surface area contributed by atoms with E-state index in [1.165, 1.54) is 38.3 Å². The SMILES string of the molecule is C1CNC2CCCO[C]2C1. The molecular formula is C8H14NO. The third kappa shape index (κ3) is 1.18. The largest absolute Gasteiger partial charge is 0.370 e. The summed E-state index contributed by atoms with van der Waals surface area (Å²) in [5, 5.41) is 3.46. The van der Waals surface area contributed by atoms with Crippen molar-refractivity contribution in [1.82, 2.24) is 5.32 Å². The van der Waals surface area contributed by atoms with Crippen LogP contribution in [0, 0.1) is 6.10 Å². The summed E-state index contributed by atoms with van der Waals surface area (Å²) in [7, 11) is 0. The number of hydrogen-bond donors (Lipinski definition) is 1. The van der Waals surface area contributed by atoms with E-state index >= 15 is 0 Å². The van der Waals surface area contributed by atoms with Crippen LogP contribution in [0.25, 0.3) is 0 Å². The Bertz CT molecular complexity index is 89.8. The Kier molecular flexibility index (Phi) is 1.91. The molecule has 2 saturated heterocycles. The second kappa shape index (κ2) is 2.89. The summed E-state index contributed by atoms with van der Waals surface area (Å²) in [6.45, 7) is 2.13. The fourth-order valence-corrected chi connectivity index (χ4v) is 1.75. The highest BCUT2D eigenvalue weighted by atomic mass is 16.5. The molecule has 0 saturated carbocycles. The molecule has 0 aliphatic carbocycles. The molecule has 1 unspecified atom stereocenters. The van der Waals surface area contributed by atoms with Crippen molar-refractivity contribution in [3.8, 4) is 0 Å². The van der Waals surface area contributed by atoms with E-state index < -0.39 is 0 Å². The minimum absolute atomic E-state index is 0.600. The molecule has 2 nitrogen and oxygen atoms in total. The molecule has 1 atom stereocenters. The van der Waals surface area contributed by atoms with Crippen molar-refractivity contribution in [1.29, 1.82) is 0 Å². The summed E-state index contributed by atoms with van der Waals surface area (Å²) in [4.78, 5) is 0. The lowest BCUT2D eigenvalue weighted by Crippen LogP contribution is -2.43. The lowest BCUT2D eigenvalue weighted by Gasteiger charge is -2.35. The molecule has 0 bridgehead atoms. The van der Waals surface area contributed by atoms with E-state index in [9.17, 15) is 0 Å². The highest BCUT2D eigenvalue weighted by Gasteiger charge is 2.28. The van der Waals surface area contributed by atoms with Crippen LogP contribution < -0.4 is 5.32 Å². The number of nitrogens with one attached hydrogen (secondary N) is 1. The summed E-state index contributed by atoms with van der Waals surface area (Å²) in [5.41, 5.74) is 0. The van der Waals surface area contributed by atoms with Crippen LogP contribution in [0.2, 0.25) is 0 Å². The fraction of sp³-hybridized carbons (Fsp3) is 0.875. The maximum atomic E-state index is 5.54. The molecule has 2 heteroatoms. The Hall–Kier alpha value is -0.0800. The maximum absolute atomic E-state index is 5.54. The quantitative estimate of drug-likeness (QED) is 0.543. The Morgan fingerprint density at radius 3 is 3.30 bits per heavy atom. The van der Waals surface area contributed by atoms with E-state index in [1.54, 1.807) is 0 Å². The molecule has 0 aromatic rings. The molecule has 0 spiro atoms. The molecule has 57 valence electrons. The first-order valence-electron chi connectivity index (χ1n) is 4.19. The minimum atomic E-state index is 0.600. The van der Waals surface area contributed by atoms with Crippen molar-refractivity contribution < 1.29 is 4.74 Å². The zero-order valence-electron chi connectivity index (χ0n) is 6.23. The molecule has 1 N–H and O–H groups in total. The van der Waals surface area contributed by atoms with Gasteiger partial charge in [-0.1, -0.05) is 0 Å². The van der Waals surface area contributed by atoms with Gasteiger partial charge in [-0.15, -0.1) is 0 Å². The van der Waals surface area contributed by atoms with Crippen LogP contribution in [0.15, 0.2) is 0 Å². The van der Waals surface area contributed by atoms with Gasteiger partial charge < -0.3 is 10.1 Å². The van der Waals surface area contributed by atoms with Crippen LogP contribution in [0.5, 0.6) is 0 Å². The van der Waals surface area contributed by atoms with Gasteiger partial charge in [0, 0.05) is 12.6 Å². The summed E-state index contributed by atoms with van der Waals surface area (Å²) in [6, 6.07) is 0.600. The van der Waals surface area contributed by atoms with Crippen LogP contribution in [0.3, 0.4) is 0 Å². The molecule has 2 aliphatic heterocycles. The molecule has 2 rings (SSSR count). The molecule has 0 amide bonds. The van der Waals surface area contributed by atoms with Crippen LogP contribution in [0.1, 0.15) is 25.7 Å². The van der Waals surface area contributed by atoms with Gasteiger partial charge in [-0.3, -0.25) is 0 Å². The lowest BCUT2D eigenvalue weighted by atomic mass is 9.95. The average molecular weight is 140 g/mol. The zero-order chi connectivity index (χ0) is 6.81. The molecule has 2 fully saturated rings. The first-order chi connectivity index (χ1) is 4.97. The molecule has 0 aromatic carbocycles. The molecule has 2 aliphatic rings. The van der Waals surface area contributed by atoms with Crippen molar-refractivity contribution in [2.24, 2.45) is 0 Å². The summed E-state index contributed by atoms with van der Waals surface area (Å²) in [5.74, 6) is 0. The van der Waals surface area contributed by atoms with E-state index in [2.05, 4.69) is 5.32 Å². The molecular weight excluding hydrogens is 126 g/mol. The molecule has 2 heterocycles. The monoisotopic (exact) mass is 140 g/mol. The van der Waals surface area contributed by atoms with Crippen LogP contribution in [-0.4, -0.2) is 19.2 Å². The van der Waals surface area contributed by atoms with Gasteiger partial charge in [-0.05, 0) is 32.2 Å². The average Bonchev–Trinajstić information content (AvgIpc) is 2.05. The van der Waals surface area contributed by atoms with E-state index in [-0.39, 0.29) is 0 Å². The predicted molar refractivity (Wildman–Crippen MR) is 39.5 cm³/mol. The topological polar surface area (TPSA) is 21.3 Å². The summed E-state index contributed by atoms with van der Waals surface area (Å²) < 4.78 is 5.54. The van der Waals surface area contributed by atoms with Gasteiger partial charge in [0.05, 0.1) is 0 Å². The van der Waals surface area contributed by atoms with Crippen molar-refractivity contribution in [3.63, 3.8) is 0 Å². The van der Waals surface area contributed by atoms with Crippen LogP contribution in [0.4, 0.5) is 0 Å². The standard InChI is InChI=1S/C8H14NO/c1-4-8-7(9-5-1)3-2-6-10-8/h7,9H,1-6H2. The normalized spacial score (nSPS) is 35.4. The van der Waals surface area contributed by atoms with Crippen LogP contribution in [-0.2, 0) is 4.74 Å². The van der Waals surface area contributed by atoms with Crippen molar-refractivity contribution in [2.75, 3.05) is 13.2 Å². The Morgan fingerprint density at radius 2 is 2.40 bits per heavy atom. The second-order valence-corrected chi connectivity index (χ2v) is 3.07. The number of piperidine rings is 1. The maximum Gasteiger partial charge on any atom is 0.114 e. The fourth-order valence-electron chi connectivity index (χ4n) is 1.75. The van der Waals surface area contributed by atoms with E-state index in [4.69, 9.17) is 4.74 Å². The van der Waals surface area contributed by atoms with E-state index in [0.717, 1.165) is 6.61 Å². The molecule has 1 radical (unpaired) electrons. The van der Waals surface area contributed by atoms with Crippen molar-refractivity contribution in [2.45, 2.75) is 31.7 Å². The first kappa shape index (κ1) is 6.62. The van der Waals surface area contributed by atoms with Crippen molar-refractivity contribution in [3.05, 3.63) is 6.10 Å². The van der Waals surface area contributed by atoms with Gasteiger partial charge in [0.2, 0.25) is 0 Å². The van der Waals surface area contributed by atoms with Crippen molar-refractivity contribution >= 4 is 0 Å². The van der Waals surface area contributed by atoms with Gasteiger partial charge in [-0.2, -0.15) is 0 Å². The molecule has 10 heavy (non-hydrogen) atoms. The number of fused-ring (bicyclic) bond motifs is 1. The number of rotatable bonds is 0. The van der Waals surface area contributed by atoms with Gasteiger partial charge in [-0.25, -0.2) is 0 Å². The first-order valence-corrected chi connectivity index (χ1v) is 4.19. The third-order valence-electron chi connectivity index (χ3n) is 2.30. The highest BCUT2D eigenvalue weighted by Crippen LogP contribution is 2.27. The predicted octanol–water partition coefficient (Wildman–Crippen LogP) is 1.08. The lowest BCUT2D eigenvalue weighted by molar-refractivity contribution is 0.0555. The zero-order valence-corrected chi connectivity index (χ0v) is 6.23. The minimum Gasteiger partial charge on any atom is -0.370 e. The summed E-state index contributed by atoms with van der Waals surface area (Å²) >= 11 is 0. The number of hydrogen-bond acceptors (Lipinski definition) is 2. The Labute approximate surface area is 61.9 Å². The van der Waals surface area contributed by atoms with Crippen LogP contribution >= 0.6 is 0 Å². The Morgan fingerprint density at radius 1 is 1.40 bits per heavy atom. The van der Waals surface area contributed by atoms with Gasteiger partial charge in [0.1, 0.15) is 6.10 Å². The van der Waals surface area contributed by atoms with Gasteiger partial charge in [0.25, 0.3) is 0 Å². The van der Waals surface area contributed by atoms with Gasteiger partial charge in [0.15, 0.2) is 0 Å². The Balaban J connectivity index is 1.93. The summed E-state index contributed by atoms with van der Waals surface area (Å²) in [6.07, 6.45) is 6.28. The third-order valence-corrected chi connectivity index (χ3v) is 2.30. The smallest absolute Gasteiger partial charge is 0.114 e. The van der Waals surface area contributed by atoms with E-state index in [1.807, 2.05) is 0 Å². The molecule has 0 aromatic heterocycles. The van der Waals surface area contributed by atoms with Gasteiger partial charge >= 0.3 is 0 Å². The van der Waals surface area contributed by atoms with E-state index in [0.29, 0.717) is 6.04 Å².